The van der Waals surface area contributed by atoms with Gasteiger partial charge in [0.1, 0.15) is 11.5 Å². The molecule has 0 aliphatic carbocycles. The lowest BCUT2D eigenvalue weighted by Crippen LogP contribution is -2.47. The number of hydrazone groups is 1. The molecule has 7 nitrogen and oxygen atoms in total. The molecular weight excluding hydrogens is 368 g/mol. The van der Waals surface area contributed by atoms with Crippen molar-refractivity contribution in [2.24, 2.45) is 5.10 Å². The van der Waals surface area contributed by atoms with Gasteiger partial charge in [-0.1, -0.05) is 18.2 Å². The van der Waals surface area contributed by atoms with Crippen LogP contribution in [0.15, 0.2) is 53.6 Å². The highest BCUT2D eigenvalue weighted by Gasteiger charge is 2.17. The van der Waals surface area contributed by atoms with Gasteiger partial charge in [-0.05, 0) is 24.3 Å². The molecule has 0 aromatic heterocycles. The van der Waals surface area contributed by atoms with Crippen LogP contribution in [0.25, 0.3) is 0 Å². The fourth-order valence-corrected chi connectivity index (χ4v) is 3.27. The molecule has 2 aromatic rings. The van der Waals surface area contributed by atoms with Crippen LogP contribution in [0.1, 0.15) is 12.0 Å². The van der Waals surface area contributed by atoms with Crippen molar-refractivity contribution in [2.45, 2.75) is 6.42 Å². The maximum Gasteiger partial charge on any atom is 0.241 e. The summed E-state index contributed by atoms with van der Waals surface area (Å²) < 4.78 is 10.5. The normalized spacial score (nSPS) is 14.8. The largest absolute Gasteiger partial charge is 0.497 e. The minimum Gasteiger partial charge on any atom is -0.497 e. The van der Waals surface area contributed by atoms with Crippen LogP contribution in [-0.2, 0) is 4.79 Å². The van der Waals surface area contributed by atoms with Crippen molar-refractivity contribution in [1.82, 2.24) is 10.3 Å². The molecule has 7 heteroatoms. The topological polar surface area (TPSA) is 66.4 Å². The lowest BCUT2D eigenvalue weighted by molar-refractivity contribution is -0.121. The monoisotopic (exact) mass is 396 g/mol. The first-order chi connectivity index (χ1) is 14.2. The van der Waals surface area contributed by atoms with Crippen LogP contribution in [0.4, 0.5) is 5.69 Å². The number of benzene rings is 2. The third kappa shape index (κ3) is 6.22. The molecule has 1 amide bonds. The van der Waals surface area contributed by atoms with Crippen molar-refractivity contribution in [3.8, 4) is 11.5 Å². The van der Waals surface area contributed by atoms with Gasteiger partial charge in [0.05, 0.1) is 20.4 Å². The minimum atomic E-state index is -0.0957. The lowest BCUT2D eigenvalue weighted by atomic mass is 10.2. The Kier molecular flexibility index (Phi) is 7.47. The fraction of sp³-hybridized carbons (Fsp3) is 0.364. The number of anilines is 1. The van der Waals surface area contributed by atoms with E-state index in [1.54, 1.807) is 26.5 Å². The summed E-state index contributed by atoms with van der Waals surface area (Å²) in [6.07, 6.45) is 2.01. The second-order valence-corrected chi connectivity index (χ2v) is 6.85. The van der Waals surface area contributed by atoms with Crippen molar-refractivity contribution in [3.05, 3.63) is 54.1 Å². The maximum absolute atomic E-state index is 12.1. The molecule has 1 aliphatic rings. The summed E-state index contributed by atoms with van der Waals surface area (Å²) in [5.41, 5.74) is 4.64. The number of hydrogen-bond acceptors (Lipinski definition) is 6. The van der Waals surface area contributed by atoms with Gasteiger partial charge in [0.2, 0.25) is 5.91 Å². The summed E-state index contributed by atoms with van der Waals surface area (Å²) in [5, 5.41) is 4.05. The molecule has 2 aromatic carbocycles. The van der Waals surface area contributed by atoms with Gasteiger partial charge in [0.25, 0.3) is 0 Å². The summed E-state index contributed by atoms with van der Waals surface area (Å²) in [6.45, 7) is 4.59. The zero-order valence-corrected chi connectivity index (χ0v) is 17.0. The average Bonchev–Trinajstić information content (AvgIpc) is 2.78. The van der Waals surface area contributed by atoms with Gasteiger partial charge in [-0.25, -0.2) is 5.43 Å². The molecule has 154 valence electrons. The third-order valence-corrected chi connectivity index (χ3v) is 4.93. The van der Waals surface area contributed by atoms with E-state index >= 15 is 0 Å². The Balaban J connectivity index is 1.40. The second-order valence-electron chi connectivity index (χ2n) is 6.85. The van der Waals surface area contributed by atoms with Crippen LogP contribution in [0.2, 0.25) is 0 Å². The number of carbonyl (C=O) groups excluding carboxylic acids is 1. The minimum absolute atomic E-state index is 0.0957. The molecule has 0 radical (unpaired) electrons. The Bertz CT molecular complexity index is 796. The molecular formula is C22H28N4O3. The zero-order chi connectivity index (χ0) is 20.5. The Morgan fingerprint density at radius 3 is 2.31 bits per heavy atom. The molecule has 0 unspecified atom stereocenters. The smallest absolute Gasteiger partial charge is 0.241 e. The summed E-state index contributed by atoms with van der Waals surface area (Å²) in [5.74, 6) is 1.25. The molecule has 1 saturated heterocycles. The van der Waals surface area contributed by atoms with Crippen LogP contribution in [0, 0.1) is 0 Å². The molecule has 0 bridgehead atoms. The zero-order valence-electron chi connectivity index (χ0n) is 17.0. The number of nitrogens with one attached hydrogen (secondary N) is 1. The van der Waals surface area contributed by atoms with Gasteiger partial charge < -0.3 is 14.4 Å². The molecule has 1 fully saturated rings. The summed E-state index contributed by atoms with van der Waals surface area (Å²) in [4.78, 5) is 16.8. The van der Waals surface area contributed by atoms with Crippen molar-refractivity contribution < 1.29 is 14.3 Å². The molecule has 29 heavy (non-hydrogen) atoms. The Hall–Kier alpha value is -3.06. The van der Waals surface area contributed by atoms with Gasteiger partial charge in [-0.3, -0.25) is 9.69 Å². The van der Waals surface area contributed by atoms with E-state index in [-0.39, 0.29) is 5.91 Å². The number of methoxy groups -OCH3 is 2. The lowest BCUT2D eigenvalue weighted by Gasteiger charge is -2.36. The second kappa shape index (κ2) is 10.5. The first-order valence-electron chi connectivity index (χ1n) is 9.75. The molecule has 0 atom stereocenters. The van der Waals surface area contributed by atoms with Crippen molar-refractivity contribution in [2.75, 3.05) is 51.8 Å². The Morgan fingerprint density at radius 1 is 1.03 bits per heavy atom. The number of para-hydroxylation sites is 1. The fourth-order valence-electron chi connectivity index (χ4n) is 3.27. The third-order valence-electron chi connectivity index (χ3n) is 4.93. The van der Waals surface area contributed by atoms with E-state index in [1.165, 1.54) is 5.69 Å². The van der Waals surface area contributed by atoms with Crippen molar-refractivity contribution in [3.63, 3.8) is 0 Å². The molecule has 1 aliphatic heterocycles. The Morgan fingerprint density at radius 2 is 1.69 bits per heavy atom. The van der Waals surface area contributed by atoms with Crippen molar-refractivity contribution in [1.29, 1.82) is 0 Å². The first kappa shape index (κ1) is 20.7. The van der Waals surface area contributed by atoms with E-state index in [4.69, 9.17) is 9.47 Å². The number of piperazine rings is 1. The van der Waals surface area contributed by atoms with Gasteiger partial charge in [0.15, 0.2) is 0 Å². The van der Waals surface area contributed by atoms with Crippen LogP contribution in [0.3, 0.4) is 0 Å². The predicted molar refractivity (Wildman–Crippen MR) is 115 cm³/mol. The van der Waals surface area contributed by atoms with E-state index in [9.17, 15) is 4.79 Å². The standard InChI is InChI=1S/C22H28N4O3/c1-28-20-14-18(15-21(16-20)29-2)17-23-24-22(27)8-9-25-10-12-26(13-11-25)19-6-4-3-5-7-19/h3-7,14-17H,8-13H2,1-2H3,(H,24,27). The first-order valence-corrected chi connectivity index (χ1v) is 9.75. The highest BCUT2D eigenvalue weighted by atomic mass is 16.5. The summed E-state index contributed by atoms with van der Waals surface area (Å²) in [6, 6.07) is 15.9. The van der Waals surface area contributed by atoms with Crippen LogP contribution in [-0.4, -0.2) is 64.0 Å². The van der Waals surface area contributed by atoms with Gasteiger partial charge in [-0.15, -0.1) is 0 Å². The van der Waals surface area contributed by atoms with Gasteiger partial charge in [0, 0.05) is 56.5 Å². The van der Waals surface area contributed by atoms with Gasteiger partial charge in [-0.2, -0.15) is 5.10 Å². The predicted octanol–water partition coefficient (Wildman–Crippen LogP) is 2.37. The highest BCUT2D eigenvalue weighted by Crippen LogP contribution is 2.21. The van der Waals surface area contributed by atoms with Crippen LogP contribution in [0.5, 0.6) is 11.5 Å². The summed E-state index contributed by atoms with van der Waals surface area (Å²) in [7, 11) is 3.19. The Labute approximate surface area is 171 Å². The average molecular weight is 396 g/mol. The molecule has 1 heterocycles. The molecule has 3 rings (SSSR count). The molecule has 1 N–H and O–H groups in total. The highest BCUT2D eigenvalue weighted by molar-refractivity contribution is 5.83. The number of nitrogens with zero attached hydrogens (tertiary/aromatic N) is 3. The summed E-state index contributed by atoms with van der Waals surface area (Å²) >= 11 is 0. The number of amides is 1. The van der Waals surface area contributed by atoms with Crippen LogP contribution >= 0.6 is 0 Å². The van der Waals surface area contributed by atoms with Crippen molar-refractivity contribution >= 4 is 17.8 Å². The number of ether oxygens (including phenoxy) is 2. The van der Waals surface area contributed by atoms with E-state index < -0.39 is 0 Å². The SMILES string of the molecule is COc1cc(C=NNC(=O)CCN2CCN(c3ccccc3)CC2)cc(OC)c1. The number of rotatable bonds is 8. The molecule has 0 spiro atoms. The number of hydrogen-bond donors (Lipinski definition) is 1. The quantitative estimate of drug-likeness (QED) is 0.548. The van der Waals surface area contributed by atoms with E-state index in [1.807, 2.05) is 18.2 Å². The van der Waals surface area contributed by atoms with E-state index in [2.05, 4.69) is 44.6 Å². The van der Waals surface area contributed by atoms with Crippen LogP contribution < -0.4 is 19.8 Å². The van der Waals surface area contributed by atoms with Gasteiger partial charge >= 0.3 is 0 Å². The number of carbonyl (C=O) groups is 1. The molecule has 0 saturated carbocycles. The maximum atomic E-state index is 12.1. The van der Waals surface area contributed by atoms with E-state index in [0.29, 0.717) is 17.9 Å². The van der Waals surface area contributed by atoms with E-state index in [0.717, 1.165) is 38.3 Å².